The molecule has 3 aromatic carbocycles. The van der Waals surface area contributed by atoms with Crippen molar-refractivity contribution in [2.24, 2.45) is 11.5 Å². The number of rotatable bonds is 4. The molecule has 1 aromatic heterocycles. The van der Waals surface area contributed by atoms with Crippen LogP contribution in [0.15, 0.2) is 60.7 Å². The van der Waals surface area contributed by atoms with Gasteiger partial charge in [0.05, 0.1) is 5.52 Å². The molecular weight excluding hydrogens is 338 g/mol. The van der Waals surface area contributed by atoms with E-state index < -0.39 is 11.8 Å². The number of nitrogens with zero attached hydrogens (tertiary/aromatic N) is 1. The lowest BCUT2D eigenvalue weighted by molar-refractivity contribution is 0.0992. The van der Waals surface area contributed by atoms with E-state index in [1.807, 2.05) is 43.3 Å². The van der Waals surface area contributed by atoms with Crippen LogP contribution in [0, 0.1) is 6.92 Å². The van der Waals surface area contributed by atoms with Crippen molar-refractivity contribution < 1.29 is 9.59 Å². The van der Waals surface area contributed by atoms with E-state index >= 15 is 0 Å². The highest BCUT2D eigenvalue weighted by molar-refractivity contribution is 6.18. The first-order chi connectivity index (χ1) is 13.0. The van der Waals surface area contributed by atoms with Crippen molar-refractivity contribution in [1.29, 1.82) is 0 Å². The predicted molar refractivity (Wildman–Crippen MR) is 107 cm³/mol. The Morgan fingerprint density at radius 3 is 2.30 bits per heavy atom. The van der Waals surface area contributed by atoms with Gasteiger partial charge >= 0.3 is 0 Å². The van der Waals surface area contributed by atoms with Crippen molar-refractivity contribution in [3.05, 3.63) is 82.9 Å². The van der Waals surface area contributed by atoms with Gasteiger partial charge in [-0.15, -0.1) is 0 Å². The van der Waals surface area contributed by atoms with E-state index in [1.165, 1.54) is 0 Å². The third kappa shape index (κ3) is 2.83. The number of aryl methyl sites for hydroxylation is 1. The molecule has 0 spiro atoms. The minimum atomic E-state index is -0.444. The van der Waals surface area contributed by atoms with E-state index in [2.05, 4.69) is 10.6 Å². The van der Waals surface area contributed by atoms with Crippen LogP contribution in [0.3, 0.4) is 0 Å². The normalized spacial score (nSPS) is 11.1. The first-order valence-electron chi connectivity index (χ1n) is 8.66. The van der Waals surface area contributed by atoms with Gasteiger partial charge in [0.1, 0.15) is 0 Å². The largest absolute Gasteiger partial charge is 0.366 e. The molecule has 0 aliphatic rings. The van der Waals surface area contributed by atoms with Gasteiger partial charge in [-0.05, 0) is 48.4 Å². The predicted octanol–water partition coefficient (Wildman–Crippen LogP) is 3.35. The van der Waals surface area contributed by atoms with Gasteiger partial charge in [0, 0.05) is 34.0 Å². The molecule has 27 heavy (non-hydrogen) atoms. The Balaban J connectivity index is 1.95. The van der Waals surface area contributed by atoms with Crippen molar-refractivity contribution in [2.75, 3.05) is 0 Å². The molecule has 5 nitrogen and oxygen atoms in total. The molecule has 4 rings (SSSR count). The molecule has 0 unspecified atom stereocenters. The number of fused-ring (bicyclic) bond motifs is 3. The van der Waals surface area contributed by atoms with E-state index in [0.717, 1.165) is 32.9 Å². The van der Waals surface area contributed by atoms with Crippen molar-refractivity contribution >= 4 is 33.6 Å². The highest BCUT2D eigenvalue weighted by Gasteiger charge is 2.16. The van der Waals surface area contributed by atoms with Gasteiger partial charge in [-0.2, -0.15) is 0 Å². The summed E-state index contributed by atoms with van der Waals surface area (Å²) in [6.07, 6.45) is 0. The average Bonchev–Trinajstić information content (AvgIpc) is 2.95. The first kappa shape index (κ1) is 16.8. The van der Waals surface area contributed by atoms with Gasteiger partial charge in [-0.3, -0.25) is 9.59 Å². The molecule has 5 heteroatoms. The van der Waals surface area contributed by atoms with E-state index in [0.29, 0.717) is 17.7 Å². The average molecular weight is 357 g/mol. The Bertz CT molecular complexity index is 1200. The number of nitrogens with two attached hydrogens (primary N) is 2. The highest BCUT2D eigenvalue weighted by Crippen LogP contribution is 2.32. The summed E-state index contributed by atoms with van der Waals surface area (Å²) in [6.45, 7) is 2.64. The van der Waals surface area contributed by atoms with Crippen molar-refractivity contribution in [3.8, 4) is 0 Å². The summed E-state index contributed by atoms with van der Waals surface area (Å²) >= 11 is 0. The number of amides is 2. The second kappa shape index (κ2) is 6.29. The fraction of sp³-hybridized carbons (Fsp3) is 0.0909. The quantitative estimate of drug-likeness (QED) is 0.586. The van der Waals surface area contributed by atoms with Gasteiger partial charge in [-0.1, -0.05) is 30.3 Å². The molecule has 0 atom stereocenters. The standard InChI is InChI=1S/C22H19N3O2/c1-13-5-10-16-19(11-13)25(12-14-6-8-15(9-7-14)21(23)26)18-4-2-3-17(20(16)18)22(24)27/h2-11H,12H2,1H3,(H2,23,26)(H2,24,27). The molecule has 0 radical (unpaired) electrons. The van der Waals surface area contributed by atoms with Gasteiger partial charge in [0.15, 0.2) is 0 Å². The number of hydrogen-bond acceptors (Lipinski definition) is 2. The maximum absolute atomic E-state index is 12.0. The van der Waals surface area contributed by atoms with E-state index in [-0.39, 0.29) is 0 Å². The Hall–Kier alpha value is -3.60. The number of aromatic nitrogens is 1. The van der Waals surface area contributed by atoms with Crippen LogP contribution >= 0.6 is 0 Å². The summed E-state index contributed by atoms with van der Waals surface area (Å²) in [7, 11) is 0. The van der Waals surface area contributed by atoms with Gasteiger partial charge in [0.25, 0.3) is 0 Å². The van der Waals surface area contributed by atoms with Crippen LogP contribution in [0.25, 0.3) is 21.8 Å². The molecule has 0 bridgehead atoms. The topological polar surface area (TPSA) is 91.1 Å². The zero-order valence-corrected chi connectivity index (χ0v) is 14.9. The fourth-order valence-electron chi connectivity index (χ4n) is 3.59. The lowest BCUT2D eigenvalue weighted by Crippen LogP contribution is -2.11. The monoisotopic (exact) mass is 357 g/mol. The van der Waals surface area contributed by atoms with Crippen LogP contribution < -0.4 is 11.5 Å². The number of primary amides is 2. The Labute approximate surface area is 156 Å². The molecule has 4 N–H and O–H groups in total. The Morgan fingerprint density at radius 2 is 1.63 bits per heavy atom. The lowest BCUT2D eigenvalue weighted by atomic mass is 10.1. The van der Waals surface area contributed by atoms with Crippen LogP contribution in [0.2, 0.25) is 0 Å². The molecular formula is C22H19N3O2. The van der Waals surface area contributed by atoms with Crippen molar-refractivity contribution in [2.45, 2.75) is 13.5 Å². The lowest BCUT2D eigenvalue weighted by Gasteiger charge is -2.09. The molecule has 0 saturated heterocycles. The Kier molecular flexibility index (Phi) is 3.92. The SMILES string of the molecule is Cc1ccc2c3c(C(N)=O)cccc3n(Cc3ccc(C(N)=O)cc3)c2c1. The van der Waals surface area contributed by atoms with Crippen molar-refractivity contribution in [3.63, 3.8) is 0 Å². The summed E-state index contributed by atoms with van der Waals surface area (Å²) in [6, 6.07) is 19.0. The molecule has 0 fully saturated rings. The zero-order chi connectivity index (χ0) is 19.1. The smallest absolute Gasteiger partial charge is 0.249 e. The second-order valence-corrected chi connectivity index (χ2v) is 6.73. The minimum absolute atomic E-state index is 0.439. The molecule has 134 valence electrons. The molecule has 2 amide bonds. The first-order valence-corrected chi connectivity index (χ1v) is 8.66. The number of carbonyl (C=O) groups is 2. The minimum Gasteiger partial charge on any atom is -0.366 e. The summed E-state index contributed by atoms with van der Waals surface area (Å²) in [4.78, 5) is 23.3. The summed E-state index contributed by atoms with van der Waals surface area (Å²) in [5.74, 6) is -0.883. The van der Waals surface area contributed by atoms with Gasteiger partial charge in [0.2, 0.25) is 11.8 Å². The van der Waals surface area contributed by atoms with E-state index in [9.17, 15) is 9.59 Å². The third-order valence-corrected chi connectivity index (χ3v) is 4.89. The van der Waals surface area contributed by atoms with Crippen LogP contribution in [0.1, 0.15) is 31.8 Å². The number of carbonyl (C=O) groups excluding carboxylic acids is 2. The zero-order valence-electron chi connectivity index (χ0n) is 14.9. The third-order valence-electron chi connectivity index (χ3n) is 4.89. The van der Waals surface area contributed by atoms with Crippen molar-refractivity contribution in [1.82, 2.24) is 4.57 Å². The van der Waals surface area contributed by atoms with E-state index in [4.69, 9.17) is 11.5 Å². The molecule has 0 saturated carbocycles. The molecule has 0 aliphatic heterocycles. The van der Waals surface area contributed by atoms with Crippen LogP contribution in [0.4, 0.5) is 0 Å². The molecule has 1 heterocycles. The van der Waals surface area contributed by atoms with Gasteiger partial charge < -0.3 is 16.0 Å². The second-order valence-electron chi connectivity index (χ2n) is 6.73. The van der Waals surface area contributed by atoms with Crippen LogP contribution in [-0.2, 0) is 6.54 Å². The summed E-state index contributed by atoms with van der Waals surface area (Å²) in [5, 5.41) is 1.87. The number of benzene rings is 3. The molecule has 0 aliphatic carbocycles. The van der Waals surface area contributed by atoms with Gasteiger partial charge in [-0.25, -0.2) is 0 Å². The molecule has 4 aromatic rings. The summed E-state index contributed by atoms with van der Waals surface area (Å²) in [5.41, 5.74) is 16.1. The maximum atomic E-state index is 12.0. The van der Waals surface area contributed by atoms with Crippen LogP contribution in [0.5, 0.6) is 0 Å². The summed E-state index contributed by atoms with van der Waals surface area (Å²) < 4.78 is 2.17. The highest BCUT2D eigenvalue weighted by atomic mass is 16.1. The fourth-order valence-corrected chi connectivity index (χ4v) is 3.59. The number of hydrogen-bond donors (Lipinski definition) is 2. The van der Waals surface area contributed by atoms with E-state index in [1.54, 1.807) is 18.2 Å². The van der Waals surface area contributed by atoms with Crippen LogP contribution in [-0.4, -0.2) is 16.4 Å². The maximum Gasteiger partial charge on any atom is 0.249 e. The Morgan fingerprint density at radius 1 is 0.889 bits per heavy atom.